The van der Waals surface area contributed by atoms with E-state index in [1.54, 1.807) is 6.07 Å². The van der Waals surface area contributed by atoms with Gasteiger partial charge in [-0.15, -0.1) is 0 Å². The summed E-state index contributed by atoms with van der Waals surface area (Å²) in [5.74, 6) is 2.00. The lowest BCUT2D eigenvalue weighted by Gasteiger charge is -2.29. The maximum Gasteiger partial charge on any atom is 0.394 e. The average Bonchev–Trinajstić information content (AvgIpc) is 0.802. The molecule has 0 saturated heterocycles. The molecule has 9 aromatic carbocycles. The van der Waals surface area contributed by atoms with Gasteiger partial charge in [0.1, 0.15) is 0 Å². The standard InChI is InChI=1S/C16H23F3.C16H26.2C15H24.C14H22.C13H20.C12H18.C10H14.C9H12/c1-11-7-8-12(9-13(11)14(2,3)4)10-15(5,6)16(17,18)19;1-12-8-9-13(11-15(2,3)4)10-14(12)16(5,6)7;1-11-8-9-12(14(2,3)4)10-13(11)15(5,6)7;1-11(2)9-13-8-7-12(3)14(10-13)15(4,5)6;1-10(2)12-8-7-11(3)13(9-12)14(4,5)6;1-9-7-12(13(4,5)6)8-10(2)11(9)3;1-8(2)12-6-9(3)11(5)10(4)7-12;1-7-5-8(2)10(4)9(3)6-7;1-7-5-4-6-8(2)9(7)3/h7-9H,10H2,1-6H3;8-10H,11H2,1-7H3;8-10H,1-7H3;7-8,10-11H,9H2,1-6H3;7-10H,1-6H3;7-8H,1-6H3;6-8H,1-5H3;5-6H,1-4H3;4-6H,1-3H3. The summed E-state index contributed by atoms with van der Waals surface area (Å²) < 4.78 is 38.8. The van der Waals surface area contributed by atoms with Gasteiger partial charge in [-0.25, -0.2) is 0 Å². The normalized spacial score (nSPS) is 12.1. The van der Waals surface area contributed by atoms with Crippen molar-refractivity contribution in [3.8, 4) is 0 Å². The molecule has 0 aromatic heterocycles. The van der Waals surface area contributed by atoms with Crippen LogP contribution in [0.5, 0.6) is 0 Å². The summed E-state index contributed by atoms with van der Waals surface area (Å²) in [4.78, 5) is 0. The molecular weight excluding hydrogens is 1500 g/mol. The monoisotopic (exact) mass is 1680 g/mol. The second-order valence-corrected chi connectivity index (χ2v) is 46.6. The lowest BCUT2D eigenvalue weighted by atomic mass is 9.79. The Labute approximate surface area is 759 Å². The third-order valence-corrected chi connectivity index (χ3v) is 24.1. The lowest BCUT2D eigenvalue weighted by molar-refractivity contribution is -0.211. The summed E-state index contributed by atoms with van der Waals surface area (Å²) in [6.45, 7) is 109. The van der Waals surface area contributed by atoms with Crippen molar-refractivity contribution < 1.29 is 13.2 Å². The minimum absolute atomic E-state index is 0.0138. The van der Waals surface area contributed by atoms with Crippen molar-refractivity contribution in [1.82, 2.24) is 0 Å². The molecule has 0 bridgehead atoms. The van der Waals surface area contributed by atoms with Crippen LogP contribution >= 0.6 is 0 Å². The first kappa shape index (κ1) is 114. The van der Waals surface area contributed by atoms with Crippen molar-refractivity contribution >= 4 is 0 Å². The van der Waals surface area contributed by atoms with Crippen molar-refractivity contribution in [2.45, 2.75) is 421 Å². The third-order valence-electron chi connectivity index (χ3n) is 24.1. The summed E-state index contributed by atoms with van der Waals surface area (Å²) in [5, 5.41) is 0. The quantitative estimate of drug-likeness (QED) is 0.149. The predicted molar refractivity (Wildman–Crippen MR) is 548 cm³/mol. The first-order chi connectivity index (χ1) is 55.3. The van der Waals surface area contributed by atoms with E-state index >= 15 is 0 Å². The highest BCUT2D eigenvalue weighted by atomic mass is 19.4. The van der Waals surface area contributed by atoms with Crippen LogP contribution in [0.1, 0.15) is 400 Å². The molecule has 0 aliphatic heterocycles. The van der Waals surface area contributed by atoms with Gasteiger partial charge in [0, 0.05) is 0 Å². The lowest BCUT2D eigenvalue weighted by Crippen LogP contribution is -2.34. The predicted octanol–water partition coefficient (Wildman–Crippen LogP) is 37.0. The van der Waals surface area contributed by atoms with Gasteiger partial charge in [-0.3, -0.25) is 0 Å². The Morgan fingerprint density at radius 1 is 0.236 bits per heavy atom. The molecule has 0 atom stereocenters. The average molecular weight is 1680 g/mol. The van der Waals surface area contributed by atoms with Crippen LogP contribution in [0.15, 0.2) is 146 Å². The van der Waals surface area contributed by atoms with Crippen LogP contribution in [0.2, 0.25) is 0 Å². The second kappa shape index (κ2) is 46.5. The first-order valence-electron chi connectivity index (χ1n) is 46.2. The maximum atomic E-state index is 12.9. The van der Waals surface area contributed by atoms with Crippen LogP contribution in [0.4, 0.5) is 13.2 Å². The van der Waals surface area contributed by atoms with E-state index in [0.717, 1.165) is 29.0 Å². The van der Waals surface area contributed by atoms with E-state index in [2.05, 4.69) is 453 Å². The number of benzene rings is 9. The van der Waals surface area contributed by atoms with E-state index in [1.165, 1.54) is 170 Å². The highest BCUT2D eigenvalue weighted by Crippen LogP contribution is 2.42. The number of aryl methyl sites for hydroxylation is 14. The van der Waals surface area contributed by atoms with Gasteiger partial charge in [0.25, 0.3) is 0 Å². The molecule has 0 fully saturated rings. The number of halogens is 3. The van der Waals surface area contributed by atoms with Gasteiger partial charge in [-0.05, 0) is 366 Å². The van der Waals surface area contributed by atoms with E-state index in [1.807, 2.05) is 19.1 Å². The van der Waals surface area contributed by atoms with Crippen molar-refractivity contribution in [2.24, 2.45) is 16.7 Å². The van der Waals surface area contributed by atoms with E-state index < -0.39 is 11.6 Å². The summed E-state index contributed by atoms with van der Waals surface area (Å²) in [5.41, 5.74) is 41.6. The fourth-order valence-corrected chi connectivity index (χ4v) is 15.2. The number of hydrogen-bond donors (Lipinski definition) is 0. The zero-order valence-electron chi connectivity index (χ0n) is 88.8. The van der Waals surface area contributed by atoms with Crippen LogP contribution in [0, 0.1) is 141 Å². The van der Waals surface area contributed by atoms with Gasteiger partial charge in [0.15, 0.2) is 0 Å². The van der Waals surface area contributed by atoms with E-state index in [4.69, 9.17) is 0 Å². The van der Waals surface area contributed by atoms with Gasteiger partial charge in [0.2, 0.25) is 0 Å². The molecule has 0 radical (unpaired) electrons. The van der Waals surface area contributed by atoms with E-state index in [-0.39, 0.29) is 44.3 Å². The molecule has 3 heteroatoms. The van der Waals surface area contributed by atoms with Gasteiger partial charge in [-0.1, -0.05) is 373 Å². The van der Waals surface area contributed by atoms with Gasteiger partial charge in [-0.2, -0.15) is 13.2 Å². The number of hydrogen-bond acceptors (Lipinski definition) is 0. The molecule has 0 saturated carbocycles. The summed E-state index contributed by atoms with van der Waals surface area (Å²) >= 11 is 0. The maximum absolute atomic E-state index is 12.9. The molecule has 0 amide bonds. The van der Waals surface area contributed by atoms with E-state index in [0.29, 0.717) is 17.3 Å². The Kier molecular flexibility index (Phi) is 43.0. The summed E-state index contributed by atoms with van der Waals surface area (Å²) in [6.07, 6.45) is -1.83. The zero-order valence-corrected chi connectivity index (χ0v) is 88.8. The molecule has 9 rings (SSSR count). The van der Waals surface area contributed by atoms with Crippen LogP contribution in [0.3, 0.4) is 0 Å². The summed E-state index contributed by atoms with van der Waals surface area (Å²) in [6, 6.07) is 53.3. The van der Waals surface area contributed by atoms with Crippen molar-refractivity contribution in [3.63, 3.8) is 0 Å². The zero-order chi connectivity index (χ0) is 96.1. The molecule has 0 heterocycles. The van der Waals surface area contributed by atoms with Crippen LogP contribution in [-0.4, -0.2) is 6.18 Å². The molecule has 9 aromatic rings. The minimum Gasteiger partial charge on any atom is -0.171 e. The Balaban J connectivity index is 0.000000696. The fourth-order valence-electron chi connectivity index (χ4n) is 15.2. The molecule has 0 aliphatic rings. The SMILES string of the molecule is Cc1cc(C(C)(C)C)cc(C)c1C.Cc1cc(C(C)C)cc(C)c1C.Cc1cc(C)c(C)c(C)c1.Cc1ccc(C(C)(C)C)cc1C(C)(C)C.Cc1ccc(C(C)C)cc1C(C)(C)C.Cc1ccc(CC(C)(C)C(F)(F)F)cc1C(C)(C)C.Cc1ccc(CC(C)(C)C)cc1C(C)(C)C.Cc1ccc(CC(C)C)cc1C(C)(C)C.Cc1cccc(C)c1C. The Hall–Kier alpha value is -7.23. The molecule has 0 nitrogen and oxygen atoms in total. The number of alkyl halides is 3. The molecule has 123 heavy (non-hydrogen) atoms. The van der Waals surface area contributed by atoms with Crippen LogP contribution < -0.4 is 0 Å². The number of rotatable bonds is 7. The van der Waals surface area contributed by atoms with Gasteiger partial charge in [0.05, 0.1) is 5.41 Å². The van der Waals surface area contributed by atoms with Crippen molar-refractivity contribution in [3.05, 3.63) is 312 Å². The minimum atomic E-state index is -4.18. The molecule has 0 N–H and O–H groups in total. The second-order valence-electron chi connectivity index (χ2n) is 46.6. The van der Waals surface area contributed by atoms with Gasteiger partial charge >= 0.3 is 6.18 Å². The third kappa shape index (κ3) is 39.3. The molecule has 684 valence electrons. The van der Waals surface area contributed by atoms with Crippen molar-refractivity contribution in [2.75, 3.05) is 0 Å². The Morgan fingerprint density at radius 3 is 0.813 bits per heavy atom. The molecule has 0 unspecified atom stereocenters. The van der Waals surface area contributed by atoms with Crippen LogP contribution in [-0.2, 0) is 57.2 Å². The molecule has 0 aliphatic carbocycles. The van der Waals surface area contributed by atoms with Crippen LogP contribution in [0.25, 0.3) is 0 Å². The highest BCUT2D eigenvalue weighted by Gasteiger charge is 2.47. The largest absolute Gasteiger partial charge is 0.394 e. The van der Waals surface area contributed by atoms with Crippen molar-refractivity contribution in [1.29, 1.82) is 0 Å². The fraction of sp³-hybridized carbons (Fsp3) is 0.550. The smallest absolute Gasteiger partial charge is 0.171 e. The molecule has 0 spiro atoms. The highest BCUT2D eigenvalue weighted by molar-refractivity contribution is 5.45. The Bertz CT molecular complexity index is 4680. The van der Waals surface area contributed by atoms with E-state index in [9.17, 15) is 13.2 Å². The first-order valence-corrected chi connectivity index (χ1v) is 46.2. The Morgan fingerprint density at radius 2 is 0.512 bits per heavy atom. The van der Waals surface area contributed by atoms with Gasteiger partial charge < -0.3 is 0 Å². The topological polar surface area (TPSA) is 0 Å². The summed E-state index contributed by atoms with van der Waals surface area (Å²) in [7, 11) is 0. The molecular formula is C120H183F3.